The van der Waals surface area contributed by atoms with Crippen LogP contribution in [0.2, 0.25) is 0 Å². The third kappa shape index (κ3) is 3.81. The maximum absolute atomic E-state index is 12.5. The Balaban J connectivity index is 2.05. The highest BCUT2D eigenvalue weighted by molar-refractivity contribution is 5.95. The largest absolute Gasteiger partial charge is 0.395 e. The predicted molar refractivity (Wildman–Crippen MR) is 83.9 cm³/mol. The fraction of sp³-hybridized carbons (Fsp3) is 0.562. The average molecular weight is 291 g/mol. The van der Waals surface area contributed by atoms with Crippen molar-refractivity contribution in [2.75, 3.05) is 18.5 Å². The van der Waals surface area contributed by atoms with Crippen LogP contribution in [-0.2, 0) is 11.3 Å². The summed E-state index contributed by atoms with van der Waals surface area (Å²) in [6.45, 7) is 3.26. The van der Waals surface area contributed by atoms with E-state index >= 15 is 0 Å². The molecule has 2 rings (SSSR count). The summed E-state index contributed by atoms with van der Waals surface area (Å²) in [5.41, 5.74) is 7.39. The van der Waals surface area contributed by atoms with E-state index in [1.165, 1.54) is 0 Å². The van der Waals surface area contributed by atoms with Gasteiger partial charge >= 0.3 is 0 Å². The number of nitrogens with one attached hydrogen (secondary N) is 1. The molecule has 2 unspecified atom stereocenters. The standard InChI is InChI=1S/C16H25N3O2/c1-12(19-9-5-4-7-14(19)11-20)16(21)18-15-8-3-2-6-13(15)10-17/h2-3,6,8,12,14,20H,4-5,7,9-11,17H2,1H3,(H,18,21). The third-order valence-electron chi connectivity index (χ3n) is 4.26. The van der Waals surface area contributed by atoms with Crippen LogP contribution in [-0.4, -0.2) is 41.1 Å². The van der Waals surface area contributed by atoms with Gasteiger partial charge in [0.2, 0.25) is 5.91 Å². The zero-order valence-electron chi connectivity index (χ0n) is 12.6. The molecule has 0 aliphatic carbocycles. The molecule has 1 heterocycles. The first-order chi connectivity index (χ1) is 10.2. The highest BCUT2D eigenvalue weighted by atomic mass is 16.3. The fourth-order valence-corrected chi connectivity index (χ4v) is 2.94. The van der Waals surface area contributed by atoms with Gasteiger partial charge in [-0.1, -0.05) is 24.6 Å². The quantitative estimate of drug-likeness (QED) is 0.764. The molecule has 21 heavy (non-hydrogen) atoms. The van der Waals surface area contributed by atoms with Crippen molar-refractivity contribution in [1.82, 2.24) is 4.90 Å². The van der Waals surface area contributed by atoms with Crippen LogP contribution in [0.1, 0.15) is 31.7 Å². The molecule has 5 nitrogen and oxygen atoms in total. The van der Waals surface area contributed by atoms with E-state index in [0.717, 1.165) is 37.1 Å². The number of amides is 1. The minimum atomic E-state index is -0.256. The number of hydrogen-bond acceptors (Lipinski definition) is 4. The number of carbonyl (C=O) groups excluding carboxylic acids is 1. The lowest BCUT2D eigenvalue weighted by atomic mass is 10.0. The van der Waals surface area contributed by atoms with Crippen molar-refractivity contribution in [3.63, 3.8) is 0 Å². The third-order valence-corrected chi connectivity index (χ3v) is 4.26. The van der Waals surface area contributed by atoms with Crippen molar-refractivity contribution >= 4 is 11.6 Å². The molecular weight excluding hydrogens is 266 g/mol. The Kier molecular flexibility index (Phi) is 5.73. The number of carbonyl (C=O) groups is 1. The summed E-state index contributed by atoms with van der Waals surface area (Å²) in [4.78, 5) is 14.6. The van der Waals surface area contributed by atoms with Crippen molar-refractivity contribution in [3.8, 4) is 0 Å². The minimum Gasteiger partial charge on any atom is -0.395 e. The molecule has 2 atom stereocenters. The lowest BCUT2D eigenvalue weighted by molar-refractivity contribution is -0.122. The Labute approximate surface area is 126 Å². The summed E-state index contributed by atoms with van der Waals surface area (Å²) in [6.07, 6.45) is 3.15. The van der Waals surface area contributed by atoms with E-state index in [4.69, 9.17) is 5.73 Å². The van der Waals surface area contributed by atoms with Gasteiger partial charge in [0.25, 0.3) is 0 Å². The van der Waals surface area contributed by atoms with Gasteiger partial charge in [0.05, 0.1) is 12.6 Å². The topological polar surface area (TPSA) is 78.6 Å². The normalized spacial score (nSPS) is 21.0. The van der Waals surface area contributed by atoms with Gasteiger partial charge in [0.1, 0.15) is 0 Å². The van der Waals surface area contributed by atoms with Crippen LogP contribution in [0.15, 0.2) is 24.3 Å². The number of rotatable bonds is 5. The second-order valence-corrected chi connectivity index (χ2v) is 5.60. The monoisotopic (exact) mass is 291 g/mol. The molecule has 5 heteroatoms. The van der Waals surface area contributed by atoms with Gasteiger partial charge in [-0.3, -0.25) is 9.69 Å². The van der Waals surface area contributed by atoms with Crippen LogP contribution in [0.3, 0.4) is 0 Å². The molecule has 1 amide bonds. The van der Waals surface area contributed by atoms with Crippen molar-refractivity contribution in [2.24, 2.45) is 5.73 Å². The molecule has 1 aromatic rings. The average Bonchev–Trinajstić information content (AvgIpc) is 2.54. The van der Waals surface area contributed by atoms with Gasteiger partial charge in [0, 0.05) is 18.3 Å². The summed E-state index contributed by atoms with van der Waals surface area (Å²) in [5.74, 6) is -0.0451. The van der Waals surface area contributed by atoms with Crippen LogP contribution >= 0.6 is 0 Å². The second kappa shape index (κ2) is 7.54. The molecule has 116 valence electrons. The second-order valence-electron chi connectivity index (χ2n) is 5.60. The molecule has 1 aliphatic heterocycles. The van der Waals surface area contributed by atoms with E-state index in [1.54, 1.807) is 0 Å². The Morgan fingerprint density at radius 3 is 2.95 bits per heavy atom. The van der Waals surface area contributed by atoms with Crippen molar-refractivity contribution in [3.05, 3.63) is 29.8 Å². The number of para-hydroxylation sites is 1. The van der Waals surface area contributed by atoms with E-state index in [9.17, 15) is 9.90 Å². The van der Waals surface area contributed by atoms with Crippen molar-refractivity contribution in [2.45, 2.75) is 44.8 Å². The van der Waals surface area contributed by atoms with Gasteiger partial charge in [-0.2, -0.15) is 0 Å². The van der Waals surface area contributed by atoms with E-state index in [2.05, 4.69) is 10.2 Å². The van der Waals surface area contributed by atoms with Gasteiger partial charge < -0.3 is 16.2 Å². The molecule has 1 saturated heterocycles. The maximum Gasteiger partial charge on any atom is 0.241 e. The van der Waals surface area contributed by atoms with E-state index in [-0.39, 0.29) is 24.6 Å². The molecule has 4 N–H and O–H groups in total. The number of aliphatic hydroxyl groups excluding tert-OH is 1. The number of benzene rings is 1. The molecule has 1 fully saturated rings. The van der Waals surface area contributed by atoms with Gasteiger partial charge in [-0.05, 0) is 37.9 Å². The lowest BCUT2D eigenvalue weighted by Crippen LogP contribution is -2.51. The Hall–Kier alpha value is -1.43. The predicted octanol–water partition coefficient (Wildman–Crippen LogP) is 1.32. The highest BCUT2D eigenvalue weighted by Crippen LogP contribution is 2.21. The number of piperidine rings is 1. The number of likely N-dealkylation sites (tertiary alicyclic amines) is 1. The lowest BCUT2D eigenvalue weighted by Gasteiger charge is -2.38. The summed E-state index contributed by atoms with van der Waals surface area (Å²) < 4.78 is 0. The number of nitrogens with zero attached hydrogens (tertiary/aromatic N) is 1. The first-order valence-corrected chi connectivity index (χ1v) is 7.62. The van der Waals surface area contributed by atoms with Gasteiger partial charge in [-0.25, -0.2) is 0 Å². The summed E-state index contributed by atoms with van der Waals surface area (Å²) in [6, 6.07) is 7.41. The van der Waals surface area contributed by atoms with Crippen molar-refractivity contribution < 1.29 is 9.90 Å². The molecule has 0 radical (unpaired) electrons. The van der Waals surface area contributed by atoms with Gasteiger partial charge in [-0.15, -0.1) is 0 Å². The number of nitrogens with two attached hydrogens (primary N) is 1. The first-order valence-electron chi connectivity index (χ1n) is 7.62. The van der Waals surface area contributed by atoms with E-state index in [1.807, 2.05) is 31.2 Å². The Morgan fingerprint density at radius 1 is 1.48 bits per heavy atom. The van der Waals surface area contributed by atoms with Crippen LogP contribution in [0.4, 0.5) is 5.69 Å². The molecule has 1 aliphatic rings. The first kappa shape index (κ1) is 15.9. The summed E-state index contributed by atoms with van der Waals surface area (Å²) in [5, 5.41) is 12.4. The van der Waals surface area contributed by atoms with Crippen LogP contribution in [0.25, 0.3) is 0 Å². The van der Waals surface area contributed by atoms with Crippen molar-refractivity contribution in [1.29, 1.82) is 0 Å². The summed E-state index contributed by atoms with van der Waals surface area (Å²) in [7, 11) is 0. The minimum absolute atomic E-state index is 0.0451. The Bertz CT molecular complexity index is 478. The molecule has 1 aromatic carbocycles. The molecular formula is C16H25N3O2. The summed E-state index contributed by atoms with van der Waals surface area (Å²) >= 11 is 0. The number of hydrogen-bond donors (Lipinski definition) is 3. The van der Waals surface area contributed by atoms with Crippen LogP contribution in [0.5, 0.6) is 0 Å². The zero-order chi connectivity index (χ0) is 15.2. The number of anilines is 1. The zero-order valence-corrected chi connectivity index (χ0v) is 12.6. The fourth-order valence-electron chi connectivity index (χ4n) is 2.94. The van der Waals surface area contributed by atoms with Crippen LogP contribution in [0, 0.1) is 0 Å². The highest BCUT2D eigenvalue weighted by Gasteiger charge is 2.29. The SMILES string of the molecule is CC(C(=O)Nc1ccccc1CN)N1CCCCC1CO. The maximum atomic E-state index is 12.5. The van der Waals surface area contributed by atoms with Crippen LogP contribution < -0.4 is 11.1 Å². The Morgan fingerprint density at radius 2 is 2.24 bits per heavy atom. The smallest absolute Gasteiger partial charge is 0.241 e. The van der Waals surface area contributed by atoms with Gasteiger partial charge in [0.15, 0.2) is 0 Å². The molecule has 0 spiro atoms. The number of aliphatic hydroxyl groups is 1. The van der Waals surface area contributed by atoms with E-state index in [0.29, 0.717) is 6.54 Å². The van der Waals surface area contributed by atoms with E-state index < -0.39 is 0 Å². The molecule has 0 aromatic heterocycles. The molecule has 0 bridgehead atoms. The molecule has 0 saturated carbocycles.